The largest absolute Gasteiger partial charge is 0.480 e. The van der Waals surface area contributed by atoms with Gasteiger partial charge >= 0.3 is 5.97 Å². The summed E-state index contributed by atoms with van der Waals surface area (Å²) in [5.41, 5.74) is 13.6. The van der Waals surface area contributed by atoms with E-state index in [9.17, 15) is 44.4 Å². The quantitative estimate of drug-likeness (QED) is 0.0518. The first-order chi connectivity index (χ1) is 22.9. The van der Waals surface area contributed by atoms with Gasteiger partial charge in [-0.15, -0.1) is 0 Å². The van der Waals surface area contributed by atoms with E-state index in [0.717, 1.165) is 5.56 Å². The van der Waals surface area contributed by atoms with Crippen molar-refractivity contribution in [3.63, 3.8) is 0 Å². The summed E-state index contributed by atoms with van der Waals surface area (Å²) in [5.74, 6) is -5.65. The number of furan rings is 1. The molecule has 0 radical (unpaired) electrons. The van der Waals surface area contributed by atoms with E-state index in [4.69, 9.17) is 21.3 Å². The highest BCUT2D eigenvalue weighted by Crippen LogP contribution is 2.31. The molecule has 1 aliphatic rings. The third-order valence-corrected chi connectivity index (χ3v) is 8.10. The number of nitrogens with two attached hydrogens (primary N) is 2. The highest BCUT2D eigenvalue weighted by atomic mass is 16.4. The van der Waals surface area contributed by atoms with Gasteiger partial charge in [0, 0.05) is 24.0 Å². The zero-order valence-electron chi connectivity index (χ0n) is 27.5. The Bertz CT molecular complexity index is 1620. The van der Waals surface area contributed by atoms with Gasteiger partial charge in [0.05, 0.1) is 12.7 Å². The van der Waals surface area contributed by atoms with Crippen LogP contribution < -0.4 is 32.7 Å². The van der Waals surface area contributed by atoms with Crippen LogP contribution >= 0.6 is 0 Å². The SMILES string of the molecule is Cc1ccc2c(C)c(C(O)C(NC(=O)C(C)NC(=O)C(CO)NC(=O)C(CC3=CCN(C(=N)N)C3)NC(=O)C(N)C(C)O)C(=O)O)oc2c1. The molecule has 2 aromatic rings. The molecule has 1 aliphatic heterocycles. The van der Waals surface area contributed by atoms with Crippen LogP contribution in [0.15, 0.2) is 34.3 Å². The first kappa shape index (κ1) is 38.4. The fraction of sp³-hybridized carbons (Fsp3) is 0.484. The number of carboxylic acids is 1. The van der Waals surface area contributed by atoms with Gasteiger partial charge in [0.15, 0.2) is 12.0 Å². The van der Waals surface area contributed by atoms with Crippen LogP contribution in [0.1, 0.15) is 43.3 Å². The number of aryl methyl sites for hydroxylation is 2. The van der Waals surface area contributed by atoms with Crippen molar-refractivity contribution in [3.05, 3.63) is 46.7 Å². The van der Waals surface area contributed by atoms with Crippen molar-refractivity contribution in [1.29, 1.82) is 5.41 Å². The molecule has 0 saturated heterocycles. The molecule has 1 aromatic carbocycles. The molecule has 0 fully saturated rings. The van der Waals surface area contributed by atoms with Gasteiger partial charge in [0.1, 0.15) is 41.6 Å². The van der Waals surface area contributed by atoms with Crippen LogP contribution in [0, 0.1) is 19.3 Å². The van der Waals surface area contributed by atoms with E-state index in [1.54, 1.807) is 25.1 Å². The number of amides is 4. The monoisotopic (exact) mass is 688 g/mol. The average Bonchev–Trinajstić information content (AvgIpc) is 3.64. The van der Waals surface area contributed by atoms with Gasteiger partial charge in [-0.2, -0.15) is 0 Å². The lowest BCUT2D eigenvalue weighted by Crippen LogP contribution is -2.59. The van der Waals surface area contributed by atoms with Gasteiger partial charge in [-0.3, -0.25) is 24.6 Å². The molecule has 18 heteroatoms. The number of hydrogen-bond donors (Lipinski definition) is 11. The molecule has 0 saturated carbocycles. The number of nitrogens with zero attached hydrogens (tertiary/aromatic N) is 1. The Morgan fingerprint density at radius 2 is 1.61 bits per heavy atom. The van der Waals surface area contributed by atoms with Gasteiger partial charge in [-0.05, 0) is 45.7 Å². The number of guanidine groups is 1. The summed E-state index contributed by atoms with van der Waals surface area (Å²) >= 11 is 0. The van der Waals surface area contributed by atoms with Crippen LogP contribution in [0.2, 0.25) is 0 Å². The Morgan fingerprint density at radius 1 is 0.980 bits per heavy atom. The molecule has 7 atom stereocenters. The Hall–Kier alpha value is -5.04. The molecule has 2 heterocycles. The first-order valence-electron chi connectivity index (χ1n) is 15.4. The molecule has 4 amide bonds. The minimum atomic E-state index is -1.87. The van der Waals surface area contributed by atoms with Crippen molar-refractivity contribution in [2.24, 2.45) is 11.5 Å². The summed E-state index contributed by atoms with van der Waals surface area (Å²) in [5, 5.41) is 57.8. The Labute approximate surface area is 281 Å². The van der Waals surface area contributed by atoms with Gasteiger partial charge < -0.3 is 62.5 Å². The van der Waals surface area contributed by atoms with Crippen molar-refractivity contribution in [2.45, 2.75) is 76.5 Å². The van der Waals surface area contributed by atoms with Gasteiger partial charge in [0.2, 0.25) is 23.6 Å². The second-order valence-corrected chi connectivity index (χ2v) is 12.0. The maximum Gasteiger partial charge on any atom is 0.329 e. The second-order valence-electron chi connectivity index (χ2n) is 12.0. The predicted octanol–water partition coefficient (Wildman–Crippen LogP) is -2.65. The normalized spacial score (nSPS) is 17.1. The zero-order valence-corrected chi connectivity index (χ0v) is 27.5. The minimum absolute atomic E-state index is 0.0635. The second kappa shape index (κ2) is 16.4. The average molecular weight is 689 g/mol. The van der Waals surface area contributed by atoms with Gasteiger partial charge in [-0.25, -0.2) is 4.79 Å². The number of carbonyl (C=O) groups excluding carboxylic acids is 4. The van der Waals surface area contributed by atoms with E-state index in [2.05, 4.69) is 21.3 Å². The minimum Gasteiger partial charge on any atom is -0.480 e. The number of carbonyl (C=O) groups is 5. The number of nitrogens with one attached hydrogen (secondary N) is 5. The number of aliphatic hydroxyl groups is 3. The molecule has 0 aliphatic carbocycles. The number of aliphatic carboxylic acids is 1. The summed E-state index contributed by atoms with van der Waals surface area (Å²) in [6.07, 6.45) is -1.43. The molecule has 13 N–H and O–H groups in total. The number of aliphatic hydroxyl groups excluding tert-OH is 3. The highest BCUT2D eigenvalue weighted by Gasteiger charge is 2.36. The third-order valence-electron chi connectivity index (χ3n) is 8.10. The molecule has 3 rings (SSSR count). The van der Waals surface area contributed by atoms with Crippen molar-refractivity contribution < 1.29 is 48.8 Å². The molecule has 268 valence electrons. The maximum absolute atomic E-state index is 13.3. The molecule has 0 bridgehead atoms. The Kier molecular flexibility index (Phi) is 12.8. The lowest BCUT2D eigenvalue weighted by molar-refractivity contribution is -0.146. The number of benzene rings is 1. The van der Waals surface area contributed by atoms with E-state index in [1.165, 1.54) is 18.7 Å². The summed E-state index contributed by atoms with van der Waals surface area (Å²) < 4.78 is 5.72. The molecule has 1 aromatic heterocycles. The highest BCUT2D eigenvalue weighted by molar-refractivity contribution is 5.95. The van der Waals surface area contributed by atoms with Crippen molar-refractivity contribution in [1.82, 2.24) is 26.2 Å². The van der Waals surface area contributed by atoms with Crippen LogP contribution in [0.3, 0.4) is 0 Å². The Morgan fingerprint density at radius 3 is 2.18 bits per heavy atom. The molecule has 7 unspecified atom stereocenters. The molecular formula is C31H44N8O10. The molecule has 49 heavy (non-hydrogen) atoms. The smallest absolute Gasteiger partial charge is 0.329 e. The fourth-order valence-electron chi connectivity index (χ4n) is 5.09. The standard InChI is InChI=1S/C31H44N8O10/c1-13-5-6-18-14(2)25(49-21(18)9-13)24(42)23(30(47)48)38-26(43)15(3)35-28(45)20(12-40)37-27(44)19(36-29(46)22(32)16(4)41)10-17-7-8-39(11-17)31(33)34/h5-7,9,15-16,19-20,22-24,40-42H,8,10-12,32H2,1-4H3,(H3,33,34)(H,35,45)(H,36,46)(H,37,44)(H,38,43)(H,47,48). The van der Waals surface area contributed by atoms with Crippen LogP contribution in [-0.4, -0.2) is 117 Å². The van der Waals surface area contributed by atoms with Crippen LogP contribution in [0.25, 0.3) is 11.0 Å². The van der Waals surface area contributed by atoms with Crippen LogP contribution in [-0.2, 0) is 24.0 Å². The lowest BCUT2D eigenvalue weighted by atomic mass is 10.0. The first-order valence-corrected chi connectivity index (χ1v) is 15.4. The topological polar surface area (TPSA) is 307 Å². The summed E-state index contributed by atoms with van der Waals surface area (Å²) in [4.78, 5) is 65.5. The van der Waals surface area contributed by atoms with Crippen molar-refractivity contribution >= 4 is 46.5 Å². The van der Waals surface area contributed by atoms with E-state index in [0.29, 0.717) is 28.7 Å². The number of rotatable bonds is 15. The maximum atomic E-state index is 13.3. The zero-order chi connectivity index (χ0) is 36.7. The fourth-order valence-corrected chi connectivity index (χ4v) is 5.09. The molecule has 0 spiro atoms. The third kappa shape index (κ3) is 9.53. The van der Waals surface area contributed by atoms with E-state index < -0.39 is 78.6 Å². The van der Waals surface area contributed by atoms with Gasteiger partial charge in [-0.1, -0.05) is 23.8 Å². The summed E-state index contributed by atoms with van der Waals surface area (Å²) in [6.45, 7) is 5.52. The van der Waals surface area contributed by atoms with Crippen molar-refractivity contribution in [3.8, 4) is 0 Å². The number of carboxylic acid groups (broad SMARTS) is 1. The van der Waals surface area contributed by atoms with Crippen molar-refractivity contribution in [2.75, 3.05) is 19.7 Å². The van der Waals surface area contributed by atoms with Crippen LogP contribution in [0.5, 0.6) is 0 Å². The van der Waals surface area contributed by atoms with E-state index in [-0.39, 0.29) is 24.7 Å². The molecular weight excluding hydrogens is 644 g/mol. The Balaban J connectivity index is 1.69. The summed E-state index contributed by atoms with van der Waals surface area (Å²) in [7, 11) is 0. The lowest BCUT2D eigenvalue weighted by Gasteiger charge is -2.26. The van der Waals surface area contributed by atoms with Gasteiger partial charge in [0.25, 0.3) is 0 Å². The summed E-state index contributed by atoms with van der Waals surface area (Å²) in [6, 6.07) is -2.32. The van der Waals surface area contributed by atoms with E-state index >= 15 is 0 Å². The van der Waals surface area contributed by atoms with E-state index in [1.807, 2.05) is 13.0 Å². The number of fused-ring (bicyclic) bond motifs is 1. The number of hydrogen-bond acceptors (Lipinski definition) is 11. The predicted molar refractivity (Wildman–Crippen MR) is 175 cm³/mol. The molecule has 18 nitrogen and oxygen atoms in total. The van der Waals surface area contributed by atoms with Crippen LogP contribution in [0.4, 0.5) is 0 Å².